The summed E-state index contributed by atoms with van der Waals surface area (Å²) in [5.74, 6) is -1.28. The summed E-state index contributed by atoms with van der Waals surface area (Å²) in [6, 6.07) is 7.78. The fraction of sp³-hybridized carbons (Fsp3) is 0.450. The number of hydrogen-bond donors (Lipinski definition) is 0. The van der Waals surface area contributed by atoms with Gasteiger partial charge in [0.15, 0.2) is 17.4 Å². The molecule has 4 saturated heterocycles. The molecule has 1 aromatic carbocycles. The summed E-state index contributed by atoms with van der Waals surface area (Å²) in [6.07, 6.45) is 3.57. The van der Waals surface area contributed by atoms with Gasteiger partial charge in [-0.05, 0) is 55.6 Å². The number of nitrogens with zero attached hydrogens (tertiary/aromatic N) is 2. The molecule has 1 amide bonds. The van der Waals surface area contributed by atoms with E-state index in [1.165, 1.54) is 6.26 Å². The molecule has 0 N–H and O–H groups in total. The SMILES string of the molecule is O=C(c1ccco1)N1C[C@@H](c2cccc(F)c2F)[C@@H]2[C@H]1C1CCN2CC1. The van der Waals surface area contributed by atoms with Crippen LogP contribution in [0.3, 0.4) is 0 Å². The normalized spacial score (nSPS) is 32.7. The molecular weight excluding hydrogens is 338 g/mol. The summed E-state index contributed by atoms with van der Waals surface area (Å²) in [7, 11) is 0. The van der Waals surface area contributed by atoms with Crippen molar-refractivity contribution in [1.82, 2.24) is 9.80 Å². The van der Waals surface area contributed by atoms with E-state index < -0.39 is 11.6 Å². The summed E-state index contributed by atoms with van der Waals surface area (Å²) >= 11 is 0. The second kappa shape index (κ2) is 5.91. The number of piperidine rings is 3. The van der Waals surface area contributed by atoms with Crippen LogP contribution in [0, 0.1) is 17.6 Å². The molecule has 2 bridgehead atoms. The molecule has 0 aliphatic carbocycles. The van der Waals surface area contributed by atoms with Crippen molar-refractivity contribution in [2.75, 3.05) is 19.6 Å². The third-order valence-corrected chi connectivity index (χ3v) is 6.37. The average Bonchev–Trinajstić information content (AvgIpc) is 3.33. The molecule has 0 unspecified atom stereocenters. The molecule has 4 fully saturated rings. The van der Waals surface area contributed by atoms with Crippen LogP contribution in [-0.2, 0) is 0 Å². The molecule has 4 aliphatic rings. The van der Waals surface area contributed by atoms with Gasteiger partial charge in [0.05, 0.1) is 12.3 Å². The minimum absolute atomic E-state index is 0.0303. The maximum absolute atomic E-state index is 14.5. The first-order valence-corrected chi connectivity index (χ1v) is 9.17. The van der Waals surface area contributed by atoms with Gasteiger partial charge in [-0.1, -0.05) is 12.1 Å². The van der Waals surface area contributed by atoms with Crippen LogP contribution in [-0.4, -0.2) is 47.4 Å². The highest BCUT2D eigenvalue weighted by atomic mass is 19.2. The quantitative estimate of drug-likeness (QED) is 0.827. The van der Waals surface area contributed by atoms with E-state index in [9.17, 15) is 13.6 Å². The number of likely N-dealkylation sites (tertiary alicyclic amines) is 1. The predicted octanol–water partition coefficient (Wildman–Crippen LogP) is 3.26. The van der Waals surface area contributed by atoms with Crippen molar-refractivity contribution in [3.8, 4) is 0 Å². The van der Waals surface area contributed by atoms with Gasteiger partial charge in [-0.15, -0.1) is 0 Å². The third kappa shape index (κ3) is 2.24. The lowest BCUT2D eigenvalue weighted by Crippen LogP contribution is -2.60. The molecule has 136 valence electrons. The van der Waals surface area contributed by atoms with Gasteiger partial charge in [0.1, 0.15) is 0 Å². The molecule has 1 aromatic heterocycles. The standard InChI is InChI=1S/C20H20F2N2O2/c21-15-4-1-3-13(17(15)22)14-11-24(20(25)16-5-2-10-26-16)18-12-6-8-23(9-7-12)19(14)18/h1-5,10,12,14,18-19H,6-9,11H2/t14-,18+,19+/m0/s1. The molecule has 2 aromatic rings. The summed E-state index contributed by atoms with van der Waals surface area (Å²) < 4.78 is 33.7. The van der Waals surface area contributed by atoms with Gasteiger partial charge in [0, 0.05) is 18.5 Å². The highest BCUT2D eigenvalue weighted by Crippen LogP contribution is 2.47. The molecule has 0 saturated carbocycles. The lowest BCUT2D eigenvalue weighted by atomic mass is 9.75. The minimum atomic E-state index is -0.828. The van der Waals surface area contributed by atoms with Crippen LogP contribution in [0.4, 0.5) is 8.78 Å². The first-order valence-electron chi connectivity index (χ1n) is 9.17. The fourth-order valence-electron chi connectivity index (χ4n) is 5.28. The van der Waals surface area contributed by atoms with Crippen molar-refractivity contribution in [3.05, 3.63) is 59.6 Å². The van der Waals surface area contributed by atoms with Crippen LogP contribution < -0.4 is 0 Å². The molecule has 0 radical (unpaired) electrons. The van der Waals surface area contributed by atoms with Crippen molar-refractivity contribution >= 4 is 5.91 Å². The van der Waals surface area contributed by atoms with Crippen LogP contribution in [0.1, 0.15) is 34.9 Å². The minimum Gasteiger partial charge on any atom is -0.459 e. The lowest BCUT2D eigenvalue weighted by molar-refractivity contribution is -0.00446. The Morgan fingerprint density at radius 1 is 1.08 bits per heavy atom. The fourth-order valence-corrected chi connectivity index (χ4v) is 5.28. The Balaban J connectivity index is 1.57. The first kappa shape index (κ1) is 16.0. The first-order chi connectivity index (χ1) is 12.6. The number of hydrogen-bond acceptors (Lipinski definition) is 3. The molecule has 6 heteroatoms. The van der Waals surface area contributed by atoms with E-state index in [1.807, 2.05) is 4.90 Å². The number of carbonyl (C=O) groups excluding carboxylic acids is 1. The number of rotatable bonds is 2. The highest BCUT2D eigenvalue weighted by Gasteiger charge is 2.55. The largest absolute Gasteiger partial charge is 0.459 e. The van der Waals surface area contributed by atoms with Gasteiger partial charge in [0.2, 0.25) is 0 Å². The number of halogens is 2. The molecule has 26 heavy (non-hydrogen) atoms. The lowest BCUT2D eigenvalue weighted by Gasteiger charge is -2.51. The van der Waals surface area contributed by atoms with E-state index in [0.717, 1.165) is 32.0 Å². The molecule has 4 nitrogen and oxygen atoms in total. The van der Waals surface area contributed by atoms with Crippen LogP contribution >= 0.6 is 0 Å². The second-order valence-electron chi connectivity index (χ2n) is 7.54. The molecule has 3 atom stereocenters. The summed E-state index contributed by atoms with van der Waals surface area (Å²) in [5.41, 5.74) is 0.377. The van der Waals surface area contributed by atoms with Crippen molar-refractivity contribution in [1.29, 1.82) is 0 Å². The number of carbonyl (C=O) groups is 1. The average molecular weight is 358 g/mol. The zero-order chi connectivity index (χ0) is 17.8. The number of furan rings is 1. The second-order valence-corrected chi connectivity index (χ2v) is 7.54. The summed E-state index contributed by atoms with van der Waals surface area (Å²) in [6.45, 7) is 2.31. The third-order valence-electron chi connectivity index (χ3n) is 6.37. The van der Waals surface area contributed by atoms with E-state index in [-0.39, 0.29) is 23.9 Å². The smallest absolute Gasteiger partial charge is 0.289 e. The maximum Gasteiger partial charge on any atom is 0.289 e. The monoisotopic (exact) mass is 358 g/mol. The van der Waals surface area contributed by atoms with Crippen LogP contribution in [0.25, 0.3) is 0 Å². The van der Waals surface area contributed by atoms with Crippen LogP contribution in [0.2, 0.25) is 0 Å². The Kier molecular flexibility index (Phi) is 3.64. The van der Waals surface area contributed by atoms with Gasteiger partial charge < -0.3 is 9.32 Å². The Bertz CT molecular complexity index is 830. The zero-order valence-electron chi connectivity index (χ0n) is 14.3. The Labute approximate surface area is 150 Å². The Morgan fingerprint density at radius 3 is 2.62 bits per heavy atom. The van der Waals surface area contributed by atoms with E-state index in [4.69, 9.17) is 4.42 Å². The van der Waals surface area contributed by atoms with Gasteiger partial charge in [-0.25, -0.2) is 8.78 Å². The van der Waals surface area contributed by atoms with Crippen molar-refractivity contribution in [2.45, 2.75) is 30.8 Å². The number of amides is 1. The molecular formula is C20H20F2N2O2. The van der Waals surface area contributed by atoms with E-state index >= 15 is 0 Å². The number of benzene rings is 1. The number of fused-ring (bicyclic) bond motifs is 2. The molecule has 6 rings (SSSR count). The molecule has 4 aliphatic heterocycles. The van der Waals surface area contributed by atoms with Crippen molar-refractivity contribution < 1.29 is 18.0 Å². The van der Waals surface area contributed by atoms with Gasteiger partial charge in [-0.2, -0.15) is 0 Å². The van der Waals surface area contributed by atoms with E-state index in [0.29, 0.717) is 23.8 Å². The summed E-state index contributed by atoms with van der Waals surface area (Å²) in [4.78, 5) is 17.2. The van der Waals surface area contributed by atoms with Gasteiger partial charge >= 0.3 is 0 Å². The van der Waals surface area contributed by atoms with Gasteiger partial charge in [0.25, 0.3) is 5.91 Å². The highest BCUT2D eigenvalue weighted by molar-refractivity contribution is 5.92. The Hall–Kier alpha value is -2.21. The van der Waals surface area contributed by atoms with E-state index in [2.05, 4.69) is 4.90 Å². The summed E-state index contributed by atoms with van der Waals surface area (Å²) in [5, 5.41) is 0. The molecule has 5 heterocycles. The van der Waals surface area contributed by atoms with Crippen molar-refractivity contribution in [2.24, 2.45) is 5.92 Å². The van der Waals surface area contributed by atoms with E-state index in [1.54, 1.807) is 24.3 Å². The molecule has 0 spiro atoms. The van der Waals surface area contributed by atoms with Crippen LogP contribution in [0.15, 0.2) is 41.0 Å². The zero-order valence-corrected chi connectivity index (χ0v) is 14.3. The van der Waals surface area contributed by atoms with Crippen LogP contribution in [0.5, 0.6) is 0 Å². The Morgan fingerprint density at radius 2 is 1.88 bits per heavy atom. The van der Waals surface area contributed by atoms with Crippen molar-refractivity contribution in [3.63, 3.8) is 0 Å². The predicted molar refractivity (Wildman–Crippen MR) is 90.7 cm³/mol. The maximum atomic E-state index is 14.5. The van der Waals surface area contributed by atoms with Gasteiger partial charge in [-0.3, -0.25) is 9.69 Å². The topological polar surface area (TPSA) is 36.7 Å².